The van der Waals surface area contributed by atoms with Gasteiger partial charge in [0.25, 0.3) is 11.8 Å². The maximum Gasteiger partial charge on any atom is 0.436 e. The van der Waals surface area contributed by atoms with Gasteiger partial charge in [-0.25, -0.2) is 13.6 Å². The Morgan fingerprint density at radius 1 is 1.08 bits per heavy atom. The van der Waals surface area contributed by atoms with Gasteiger partial charge in [-0.3, -0.25) is 9.28 Å². The second-order valence-corrected chi connectivity index (χ2v) is 11.5. The molecule has 4 saturated heterocycles. The number of benzene rings is 1. The monoisotopic (exact) mass is 550 g/mol. The molecule has 2 unspecified atom stereocenters. The number of β-lactam (4-membered cyclic amide) rings is 1. The van der Waals surface area contributed by atoms with Gasteiger partial charge in [0.05, 0.1) is 36.8 Å². The molecule has 6 nitrogen and oxygen atoms in total. The van der Waals surface area contributed by atoms with Crippen LogP contribution < -0.4 is 4.90 Å². The maximum absolute atomic E-state index is 13.3. The lowest BCUT2D eigenvalue weighted by Gasteiger charge is -2.59. The van der Waals surface area contributed by atoms with Crippen molar-refractivity contribution in [3.8, 4) is 0 Å². The van der Waals surface area contributed by atoms with Gasteiger partial charge in [-0.15, -0.1) is 0 Å². The van der Waals surface area contributed by atoms with Crippen molar-refractivity contribution in [3.05, 3.63) is 28.8 Å². The van der Waals surface area contributed by atoms with E-state index in [9.17, 15) is 36.6 Å². The number of likely N-dealkylation sites (tertiary alicyclic amines) is 1. The third-order valence-corrected chi connectivity index (χ3v) is 9.51. The molecule has 1 aromatic carbocycles. The third kappa shape index (κ3) is 4.12. The standard InChI is InChI=1S/C25H30ClF5N3O3/c1-15-24(37,25(29,30)31)22(36)34(15)10-6-17(7-11-34)16-4-8-32(9-5-16)18-2-3-19(20(26)12-18)21(35)33-13-23(27,28)14-33/h2-3,12,15-17,37H,4-11,13-14H2,1H3/q+1. The molecule has 37 heavy (non-hydrogen) atoms. The minimum atomic E-state index is -4.96. The van der Waals surface area contributed by atoms with E-state index in [1.807, 2.05) is 0 Å². The van der Waals surface area contributed by atoms with Crippen molar-refractivity contribution in [2.24, 2.45) is 11.8 Å². The first-order valence-electron chi connectivity index (χ1n) is 12.6. The SMILES string of the molecule is CC1C(O)(C(F)(F)F)C(=O)[N+]12CCC(C1CCN(c3ccc(C(=O)N4CC(F)(F)C4)c(Cl)c3)CC1)CC2. The number of hydrogen-bond donors (Lipinski definition) is 1. The Bertz CT molecular complexity index is 1090. The number of hydrogen-bond acceptors (Lipinski definition) is 4. The van der Waals surface area contributed by atoms with E-state index in [0.29, 0.717) is 37.8 Å². The third-order valence-electron chi connectivity index (χ3n) is 9.19. The van der Waals surface area contributed by atoms with Gasteiger partial charge < -0.3 is 14.9 Å². The predicted octanol–water partition coefficient (Wildman–Crippen LogP) is 4.10. The zero-order valence-corrected chi connectivity index (χ0v) is 21.2. The molecule has 4 heterocycles. The summed E-state index contributed by atoms with van der Waals surface area (Å²) in [6, 6.07) is 3.82. The molecule has 0 aliphatic carbocycles. The molecule has 204 valence electrons. The van der Waals surface area contributed by atoms with Crippen LogP contribution in [-0.2, 0) is 4.79 Å². The van der Waals surface area contributed by atoms with Gasteiger partial charge in [-0.05, 0) is 49.8 Å². The highest BCUT2D eigenvalue weighted by Crippen LogP contribution is 2.51. The van der Waals surface area contributed by atoms with Crippen LogP contribution in [0.2, 0.25) is 5.02 Å². The van der Waals surface area contributed by atoms with Crippen LogP contribution in [0.4, 0.5) is 27.6 Å². The summed E-state index contributed by atoms with van der Waals surface area (Å²) in [5, 5.41) is 10.2. The normalized spacial score (nSPS) is 34.3. The Morgan fingerprint density at radius 3 is 2.14 bits per heavy atom. The van der Waals surface area contributed by atoms with Gasteiger partial charge in [0.2, 0.25) is 0 Å². The molecule has 1 spiro atoms. The second kappa shape index (κ2) is 8.77. The number of halogens is 6. The van der Waals surface area contributed by atoms with Crippen LogP contribution >= 0.6 is 11.6 Å². The molecular formula is C25H30ClF5N3O3+. The molecule has 1 aromatic rings. The van der Waals surface area contributed by atoms with E-state index in [-0.39, 0.29) is 15.1 Å². The first-order chi connectivity index (χ1) is 17.2. The van der Waals surface area contributed by atoms with Gasteiger partial charge in [0.15, 0.2) is 0 Å². The molecule has 2 amide bonds. The molecule has 0 aromatic heterocycles. The van der Waals surface area contributed by atoms with E-state index in [2.05, 4.69) is 4.90 Å². The van der Waals surface area contributed by atoms with E-state index >= 15 is 0 Å². The number of amides is 2. The summed E-state index contributed by atoms with van der Waals surface area (Å²) in [4.78, 5) is 28.2. The van der Waals surface area contributed by atoms with Crippen LogP contribution in [0, 0.1) is 11.8 Å². The van der Waals surface area contributed by atoms with Crippen LogP contribution in [-0.4, -0.2) is 89.3 Å². The first-order valence-corrected chi connectivity index (χ1v) is 13.0. The highest BCUT2D eigenvalue weighted by atomic mass is 35.5. The largest absolute Gasteiger partial charge is 0.436 e. The van der Waals surface area contributed by atoms with Crippen molar-refractivity contribution in [2.45, 2.75) is 56.3 Å². The summed E-state index contributed by atoms with van der Waals surface area (Å²) in [5.41, 5.74) is -2.21. The lowest BCUT2D eigenvalue weighted by Crippen LogP contribution is -2.88. The summed E-state index contributed by atoms with van der Waals surface area (Å²) in [6.07, 6.45) is -1.92. The van der Waals surface area contributed by atoms with Crippen LogP contribution in [0.25, 0.3) is 0 Å². The van der Waals surface area contributed by atoms with Crippen LogP contribution in [0.5, 0.6) is 0 Å². The summed E-state index contributed by atoms with van der Waals surface area (Å²) < 4.78 is 65.8. The number of carbonyl (C=O) groups is 2. The molecule has 4 aliphatic heterocycles. The fraction of sp³-hybridized carbons (Fsp3) is 0.680. The lowest BCUT2D eigenvalue weighted by molar-refractivity contribution is -0.930. The Morgan fingerprint density at radius 2 is 1.65 bits per heavy atom. The lowest BCUT2D eigenvalue weighted by atomic mass is 9.72. The zero-order valence-electron chi connectivity index (χ0n) is 20.4. The predicted molar refractivity (Wildman–Crippen MR) is 125 cm³/mol. The maximum atomic E-state index is 13.3. The molecule has 0 saturated carbocycles. The quantitative estimate of drug-likeness (QED) is 0.350. The molecule has 2 atom stereocenters. The van der Waals surface area contributed by atoms with Crippen molar-refractivity contribution >= 4 is 29.1 Å². The van der Waals surface area contributed by atoms with E-state index < -0.39 is 48.6 Å². The van der Waals surface area contributed by atoms with Crippen molar-refractivity contribution < 1.29 is 41.1 Å². The topological polar surface area (TPSA) is 60.9 Å². The Hall–Kier alpha value is -1.98. The number of nitrogens with zero attached hydrogens (tertiary/aromatic N) is 3. The minimum Gasteiger partial charge on any atom is -0.371 e. The van der Waals surface area contributed by atoms with Crippen LogP contribution in [0.1, 0.15) is 43.0 Å². The molecule has 4 aliphatic rings. The van der Waals surface area contributed by atoms with Crippen molar-refractivity contribution in [1.29, 1.82) is 0 Å². The average molecular weight is 551 g/mol. The molecule has 5 rings (SSSR count). The Labute approximate surface area is 216 Å². The first kappa shape index (κ1) is 26.6. The van der Waals surface area contributed by atoms with Crippen LogP contribution in [0.3, 0.4) is 0 Å². The molecule has 12 heteroatoms. The van der Waals surface area contributed by atoms with Gasteiger partial charge in [0, 0.05) is 31.6 Å². The van der Waals surface area contributed by atoms with Gasteiger partial charge in [-0.2, -0.15) is 13.2 Å². The number of anilines is 1. The molecule has 4 fully saturated rings. The minimum absolute atomic E-state index is 0.197. The van der Waals surface area contributed by atoms with E-state index in [1.165, 1.54) is 6.92 Å². The van der Waals surface area contributed by atoms with E-state index in [0.717, 1.165) is 36.5 Å². The van der Waals surface area contributed by atoms with Crippen molar-refractivity contribution in [2.75, 3.05) is 44.2 Å². The zero-order chi connectivity index (χ0) is 27.0. The molecule has 1 N–H and O–H groups in total. The highest BCUT2D eigenvalue weighted by Gasteiger charge is 2.83. The number of rotatable bonds is 3. The van der Waals surface area contributed by atoms with E-state index in [1.54, 1.807) is 18.2 Å². The number of carbonyl (C=O) groups excluding carboxylic acids is 2. The van der Waals surface area contributed by atoms with Gasteiger partial charge in [0.1, 0.15) is 6.04 Å². The Kier molecular flexibility index (Phi) is 6.31. The Balaban J connectivity index is 1.14. The molecule has 0 radical (unpaired) electrons. The second-order valence-electron chi connectivity index (χ2n) is 11.1. The van der Waals surface area contributed by atoms with Gasteiger partial charge >= 0.3 is 17.7 Å². The average Bonchev–Trinajstić information content (AvgIpc) is 2.85. The van der Waals surface area contributed by atoms with E-state index in [4.69, 9.17) is 11.6 Å². The number of quaternary nitrogens is 1. The molecular weight excluding hydrogens is 521 g/mol. The fourth-order valence-electron chi connectivity index (χ4n) is 6.78. The summed E-state index contributed by atoms with van der Waals surface area (Å²) in [7, 11) is 0. The van der Waals surface area contributed by atoms with Gasteiger partial charge in [-0.1, -0.05) is 11.6 Å². The fourth-order valence-corrected chi connectivity index (χ4v) is 7.04. The van der Waals surface area contributed by atoms with Crippen molar-refractivity contribution in [1.82, 2.24) is 4.90 Å². The highest BCUT2D eigenvalue weighted by molar-refractivity contribution is 6.34. The van der Waals surface area contributed by atoms with Crippen molar-refractivity contribution in [3.63, 3.8) is 0 Å². The summed E-state index contributed by atoms with van der Waals surface area (Å²) in [5.74, 6) is -3.79. The number of piperidine rings is 2. The summed E-state index contributed by atoms with van der Waals surface area (Å²) >= 11 is 6.33. The number of aliphatic hydroxyl groups is 1. The van der Waals surface area contributed by atoms with Crippen LogP contribution in [0.15, 0.2) is 18.2 Å². The molecule has 0 bridgehead atoms. The number of alkyl halides is 5. The summed E-state index contributed by atoms with van der Waals surface area (Å²) in [6.45, 7) is 2.23. The smallest absolute Gasteiger partial charge is 0.371 e.